The first-order chi connectivity index (χ1) is 33.0. The highest BCUT2D eigenvalue weighted by molar-refractivity contribution is 5.71. The van der Waals surface area contributed by atoms with E-state index in [1.54, 1.807) is 0 Å². The molecule has 0 bridgehead atoms. The smallest absolute Gasteiger partial charge is 0.306 e. The lowest BCUT2D eigenvalue weighted by molar-refractivity contribution is -0.167. The molecule has 1 atom stereocenters. The SMILES string of the molecule is CCCC/C=C\C/C=C\CCCCCCCC(=O)OC[C@H](COC(=O)CCCCCCCCC/C=C\CCCCCCCCCC)OC(=O)CCCCCCCCCCCCCCCCCC. The van der Waals surface area contributed by atoms with Crippen molar-refractivity contribution in [1.29, 1.82) is 0 Å². The Kier molecular flexibility index (Phi) is 54.2. The van der Waals surface area contributed by atoms with Gasteiger partial charge in [-0.3, -0.25) is 14.4 Å². The van der Waals surface area contributed by atoms with Gasteiger partial charge in [0.25, 0.3) is 0 Å². The molecule has 0 saturated carbocycles. The van der Waals surface area contributed by atoms with Crippen molar-refractivity contribution in [3.8, 4) is 0 Å². The maximum Gasteiger partial charge on any atom is 0.306 e. The highest BCUT2D eigenvalue weighted by Crippen LogP contribution is 2.16. The van der Waals surface area contributed by atoms with Crippen LogP contribution in [0.4, 0.5) is 0 Å². The monoisotopic (exact) mass is 941 g/mol. The van der Waals surface area contributed by atoms with Crippen molar-refractivity contribution in [1.82, 2.24) is 0 Å². The minimum absolute atomic E-state index is 0.0754. The second-order valence-corrected chi connectivity index (χ2v) is 19.9. The van der Waals surface area contributed by atoms with E-state index in [0.717, 1.165) is 77.0 Å². The van der Waals surface area contributed by atoms with E-state index in [1.165, 1.54) is 199 Å². The van der Waals surface area contributed by atoms with Crippen molar-refractivity contribution in [2.45, 2.75) is 322 Å². The standard InChI is InChI=1S/C61H112O6/c1-4-7-10-13-16-19-22-25-28-30-31-32-34-36-39-42-45-48-51-54-60(63)66-57-58(56-65-59(62)53-50-47-44-41-38-35-27-24-21-18-15-12-9-6-3)67-61(64)55-52-49-46-43-40-37-33-29-26-23-20-17-14-11-8-5-2/h15,18,24,27,30-31,58H,4-14,16-17,19-23,25-26,28-29,32-57H2,1-3H3/b18-15-,27-24-,31-30-/t58-/m1/s1. The molecule has 0 amide bonds. The van der Waals surface area contributed by atoms with Gasteiger partial charge in [0.15, 0.2) is 6.10 Å². The third kappa shape index (κ3) is 54.4. The van der Waals surface area contributed by atoms with Crippen LogP contribution in [-0.4, -0.2) is 37.2 Å². The Morgan fingerprint density at radius 1 is 0.299 bits per heavy atom. The van der Waals surface area contributed by atoms with Gasteiger partial charge in [0.05, 0.1) is 0 Å². The molecule has 392 valence electrons. The number of rotatable bonds is 54. The zero-order valence-electron chi connectivity index (χ0n) is 44.9. The summed E-state index contributed by atoms with van der Waals surface area (Å²) >= 11 is 0. The number of ether oxygens (including phenoxy) is 3. The molecule has 6 nitrogen and oxygen atoms in total. The van der Waals surface area contributed by atoms with E-state index in [0.29, 0.717) is 19.3 Å². The Bertz CT molecular complexity index is 1130. The Balaban J connectivity index is 4.34. The quantitative estimate of drug-likeness (QED) is 0.0262. The van der Waals surface area contributed by atoms with Crippen molar-refractivity contribution in [3.63, 3.8) is 0 Å². The summed E-state index contributed by atoms with van der Waals surface area (Å²) in [6.07, 6.45) is 67.0. The van der Waals surface area contributed by atoms with Crippen LogP contribution in [0.15, 0.2) is 36.5 Å². The van der Waals surface area contributed by atoms with Crippen LogP contribution in [0.2, 0.25) is 0 Å². The van der Waals surface area contributed by atoms with Crippen LogP contribution in [0.5, 0.6) is 0 Å². The highest BCUT2D eigenvalue weighted by Gasteiger charge is 2.19. The Morgan fingerprint density at radius 3 is 0.881 bits per heavy atom. The van der Waals surface area contributed by atoms with E-state index >= 15 is 0 Å². The van der Waals surface area contributed by atoms with E-state index in [2.05, 4.69) is 57.2 Å². The summed E-state index contributed by atoms with van der Waals surface area (Å²) in [6, 6.07) is 0. The number of allylic oxidation sites excluding steroid dienone is 6. The fourth-order valence-corrected chi connectivity index (χ4v) is 8.63. The summed E-state index contributed by atoms with van der Waals surface area (Å²) in [6.45, 7) is 6.63. The number of esters is 3. The van der Waals surface area contributed by atoms with Crippen LogP contribution in [0, 0.1) is 0 Å². The lowest BCUT2D eigenvalue weighted by atomic mass is 10.0. The molecule has 67 heavy (non-hydrogen) atoms. The van der Waals surface area contributed by atoms with E-state index in [9.17, 15) is 14.4 Å². The third-order valence-corrected chi connectivity index (χ3v) is 13.1. The molecule has 0 unspecified atom stereocenters. The fourth-order valence-electron chi connectivity index (χ4n) is 8.63. The van der Waals surface area contributed by atoms with Crippen LogP contribution in [0.1, 0.15) is 316 Å². The molecule has 0 N–H and O–H groups in total. The van der Waals surface area contributed by atoms with Crippen LogP contribution >= 0.6 is 0 Å². The summed E-state index contributed by atoms with van der Waals surface area (Å²) in [5.74, 6) is -0.875. The second-order valence-electron chi connectivity index (χ2n) is 19.9. The zero-order chi connectivity index (χ0) is 48.6. The first kappa shape index (κ1) is 64.6. The molecule has 0 aromatic heterocycles. The average molecular weight is 942 g/mol. The molecule has 0 aromatic rings. The summed E-state index contributed by atoms with van der Waals surface area (Å²) in [4.78, 5) is 38.2. The van der Waals surface area contributed by atoms with Crippen molar-refractivity contribution in [2.24, 2.45) is 0 Å². The number of hydrogen-bond acceptors (Lipinski definition) is 6. The number of carbonyl (C=O) groups is 3. The van der Waals surface area contributed by atoms with Gasteiger partial charge >= 0.3 is 17.9 Å². The van der Waals surface area contributed by atoms with Gasteiger partial charge in [0, 0.05) is 19.3 Å². The molecule has 0 aromatic carbocycles. The van der Waals surface area contributed by atoms with Crippen LogP contribution < -0.4 is 0 Å². The van der Waals surface area contributed by atoms with Crippen LogP contribution in [0.3, 0.4) is 0 Å². The maximum atomic E-state index is 12.9. The normalized spacial score (nSPS) is 12.2. The molecule has 0 rings (SSSR count). The lowest BCUT2D eigenvalue weighted by Gasteiger charge is -2.18. The van der Waals surface area contributed by atoms with E-state index in [-0.39, 0.29) is 31.1 Å². The molecule has 0 aliphatic rings. The Labute approximate surface area is 416 Å². The first-order valence-electron chi connectivity index (χ1n) is 29.5. The van der Waals surface area contributed by atoms with Gasteiger partial charge in [-0.05, 0) is 70.6 Å². The average Bonchev–Trinajstić information content (AvgIpc) is 3.33. The van der Waals surface area contributed by atoms with Gasteiger partial charge in [-0.25, -0.2) is 0 Å². The Morgan fingerprint density at radius 2 is 0.552 bits per heavy atom. The van der Waals surface area contributed by atoms with Crippen LogP contribution in [0.25, 0.3) is 0 Å². The molecule has 0 heterocycles. The molecule has 0 aliphatic carbocycles. The zero-order valence-corrected chi connectivity index (χ0v) is 44.9. The third-order valence-electron chi connectivity index (χ3n) is 13.1. The topological polar surface area (TPSA) is 78.9 Å². The summed E-state index contributed by atoms with van der Waals surface area (Å²) in [5, 5.41) is 0. The summed E-state index contributed by atoms with van der Waals surface area (Å²) in [7, 11) is 0. The molecule has 0 radical (unpaired) electrons. The maximum absolute atomic E-state index is 12.9. The molecular formula is C61H112O6. The fraction of sp³-hybridized carbons (Fsp3) is 0.852. The van der Waals surface area contributed by atoms with Crippen molar-refractivity contribution >= 4 is 17.9 Å². The van der Waals surface area contributed by atoms with Gasteiger partial charge in [-0.1, -0.05) is 263 Å². The minimum atomic E-state index is -0.777. The summed E-state index contributed by atoms with van der Waals surface area (Å²) in [5.41, 5.74) is 0. The van der Waals surface area contributed by atoms with E-state index in [1.807, 2.05) is 0 Å². The highest BCUT2D eigenvalue weighted by atomic mass is 16.6. The lowest BCUT2D eigenvalue weighted by Crippen LogP contribution is -2.30. The molecule has 0 fully saturated rings. The van der Waals surface area contributed by atoms with Gasteiger partial charge in [-0.2, -0.15) is 0 Å². The second kappa shape index (κ2) is 56.2. The number of unbranched alkanes of at least 4 members (excludes halogenated alkanes) is 37. The van der Waals surface area contributed by atoms with Gasteiger partial charge in [0.2, 0.25) is 0 Å². The van der Waals surface area contributed by atoms with Gasteiger partial charge < -0.3 is 14.2 Å². The number of hydrogen-bond donors (Lipinski definition) is 0. The first-order valence-corrected chi connectivity index (χ1v) is 29.5. The van der Waals surface area contributed by atoms with Crippen molar-refractivity contribution in [3.05, 3.63) is 36.5 Å². The minimum Gasteiger partial charge on any atom is -0.462 e. The molecular weight excluding hydrogens is 829 g/mol. The van der Waals surface area contributed by atoms with Crippen molar-refractivity contribution in [2.75, 3.05) is 13.2 Å². The molecule has 6 heteroatoms. The van der Waals surface area contributed by atoms with Crippen LogP contribution in [-0.2, 0) is 28.6 Å². The number of carbonyl (C=O) groups excluding carboxylic acids is 3. The predicted octanol–water partition coefficient (Wildman–Crippen LogP) is 19.7. The summed E-state index contributed by atoms with van der Waals surface area (Å²) < 4.78 is 16.9. The molecule has 0 aliphatic heterocycles. The van der Waals surface area contributed by atoms with E-state index in [4.69, 9.17) is 14.2 Å². The van der Waals surface area contributed by atoms with Gasteiger partial charge in [0.1, 0.15) is 13.2 Å². The molecule has 0 spiro atoms. The van der Waals surface area contributed by atoms with Gasteiger partial charge in [-0.15, -0.1) is 0 Å². The van der Waals surface area contributed by atoms with E-state index < -0.39 is 6.10 Å². The molecule has 0 saturated heterocycles. The Hall–Kier alpha value is -2.37. The van der Waals surface area contributed by atoms with Crippen molar-refractivity contribution < 1.29 is 28.6 Å². The largest absolute Gasteiger partial charge is 0.462 e. The predicted molar refractivity (Wildman–Crippen MR) is 289 cm³/mol.